The number of nitrogens with zero attached hydrogens (tertiary/aromatic N) is 3. The van der Waals surface area contributed by atoms with Crippen LogP contribution in [0.1, 0.15) is 39.4 Å². The molecule has 11 heteroatoms. The number of methoxy groups -OCH3 is 1. The van der Waals surface area contributed by atoms with Gasteiger partial charge in [-0.15, -0.1) is 0 Å². The SMILES string of the molecule is COc1cc2nc(C)nc(Nc3ccc(Cl)c(Cl)c3F)c2cc1OC1CCN(C(=O)OC(C)(C)C)CC1. The molecule has 2 aromatic carbocycles. The van der Waals surface area contributed by atoms with Crippen molar-refractivity contribution in [2.24, 2.45) is 0 Å². The van der Waals surface area contributed by atoms with E-state index in [0.717, 1.165) is 0 Å². The largest absolute Gasteiger partial charge is 0.493 e. The number of aryl methyl sites for hydroxylation is 1. The minimum Gasteiger partial charge on any atom is -0.493 e. The van der Waals surface area contributed by atoms with Crippen LogP contribution in [-0.2, 0) is 4.74 Å². The lowest BCUT2D eigenvalue weighted by molar-refractivity contribution is 0.0124. The summed E-state index contributed by atoms with van der Waals surface area (Å²) >= 11 is 11.9. The molecule has 0 aliphatic carbocycles. The van der Waals surface area contributed by atoms with Crippen LogP contribution < -0.4 is 14.8 Å². The van der Waals surface area contributed by atoms with Crippen molar-refractivity contribution in [3.8, 4) is 11.5 Å². The number of aromatic nitrogens is 2. The molecule has 1 aromatic heterocycles. The molecule has 1 N–H and O–H groups in total. The Morgan fingerprint density at radius 1 is 1.14 bits per heavy atom. The van der Waals surface area contributed by atoms with Crippen molar-refractivity contribution >= 4 is 51.7 Å². The Kier molecular flexibility index (Phi) is 7.85. The van der Waals surface area contributed by atoms with E-state index < -0.39 is 11.4 Å². The summed E-state index contributed by atoms with van der Waals surface area (Å²) in [4.78, 5) is 23.0. The number of carbonyl (C=O) groups excluding carboxylic acids is 1. The number of hydrogen-bond acceptors (Lipinski definition) is 7. The number of carbonyl (C=O) groups is 1. The molecule has 1 fully saturated rings. The Bertz CT molecular complexity index is 1320. The summed E-state index contributed by atoms with van der Waals surface area (Å²) < 4.78 is 32.1. The second-order valence-corrected chi connectivity index (χ2v) is 10.6. The molecule has 198 valence electrons. The van der Waals surface area contributed by atoms with Crippen LogP contribution in [0.4, 0.5) is 20.7 Å². The molecule has 0 unspecified atom stereocenters. The summed E-state index contributed by atoms with van der Waals surface area (Å²) in [6.07, 6.45) is 0.793. The summed E-state index contributed by atoms with van der Waals surface area (Å²) in [5.74, 6) is 1.19. The first-order valence-electron chi connectivity index (χ1n) is 11.9. The number of benzene rings is 2. The normalized spacial score (nSPS) is 14.5. The number of likely N-dealkylation sites (tertiary alicyclic amines) is 1. The number of rotatable bonds is 5. The van der Waals surface area contributed by atoms with Crippen molar-refractivity contribution < 1.29 is 23.4 Å². The second-order valence-electron chi connectivity index (χ2n) is 9.77. The average Bonchev–Trinajstić information content (AvgIpc) is 2.83. The minimum absolute atomic E-state index is 0.117. The third-order valence-corrected chi connectivity index (χ3v) is 6.55. The maximum absolute atomic E-state index is 14.7. The van der Waals surface area contributed by atoms with E-state index in [4.69, 9.17) is 37.4 Å². The molecule has 1 aliphatic heterocycles. The van der Waals surface area contributed by atoms with Crippen molar-refractivity contribution in [3.05, 3.63) is 46.0 Å². The average molecular weight is 551 g/mol. The van der Waals surface area contributed by atoms with Gasteiger partial charge in [0, 0.05) is 37.4 Å². The molecule has 0 radical (unpaired) electrons. The van der Waals surface area contributed by atoms with Crippen LogP contribution in [0.3, 0.4) is 0 Å². The lowest BCUT2D eigenvalue weighted by atomic mass is 10.1. The molecular weight excluding hydrogens is 522 g/mol. The molecule has 0 spiro atoms. The first-order valence-corrected chi connectivity index (χ1v) is 12.6. The fourth-order valence-corrected chi connectivity index (χ4v) is 4.32. The molecule has 2 heterocycles. The molecule has 1 amide bonds. The Balaban J connectivity index is 1.58. The zero-order valence-corrected chi connectivity index (χ0v) is 22.8. The van der Waals surface area contributed by atoms with Gasteiger partial charge in [-0.3, -0.25) is 0 Å². The number of amides is 1. The van der Waals surface area contributed by atoms with Crippen molar-refractivity contribution in [1.82, 2.24) is 14.9 Å². The summed E-state index contributed by atoms with van der Waals surface area (Å²) in [7, 11) is 1.55. The smallest absolute Gasteiger partial charge is 0.410 e. The van der Waals surface area contributed by atoms with Crippen LogP contribution in [0.15, 0.2) is 24.3 Å². The van der Waals surface area contributed by atoms with E-state index >= 15 is 0 Å². The van der Waals surface area contributed by atoms with Crippen LogP contribution >= 0.6 is 23.2 Å². The molecule has 8 nitrogen and oxygen atoms in total. The molecule has 4 rings (SSSR count). The van der Waals surface area contributed by atoms with Crippen LogP contribution in [0.25, 0.3) is 10.9 Å². The number of ether oxygens (including phenoxy) is 3. The predicted octanol–water partition coefficient (Wildman–Crippen LogP) is 6.91. The van der Waals surface area contributed by atoms with Crippen molar-refractivity contribution in [1.29, 1.82) is 0 Å². The fourth-order valence-electron chi connectivity index (χ4n) is 4.01. The first kappa shape index (κ1) is 27.0. The molecule has 0 bridgehead atoms. The van der Waals surface area contributed by atoms with Gasteiger partial charge in [0.15, 0.2) is 17.3 Å². The van der Waals surface area contributed by atoms with E-state index in [0.29, 0.717) is 60.0 Å². The highest BCUT2D eigenvalue weighted by molar-refractivity contribution is 6.42. The van der Waals surface area contributed by atoms with E-state index in [1.54, 1.807) is 31.1 Å². The molecule has 0 saturated carbocycles. The van der Waals surface area contributed by atoms with E-state index in [1.807, 2.05) is 20.8 Å². The predicted molar refractivity (Wildman–Crippen MR) is 142 cm³/mol. The van der Waals surface area contributed by atoms with E-state index in [1.165, 1.54) is 12.1 Å². The van der Waals surface area contributed by atoms with Gasteiger partial charge in [-0.2, -0.15) is 0 Å². The Hall–Kier alpha value is -3.04. The van der Waals surface area contributed by atoms with E-state index in [2.05, 4.69) is 15.3 Å². The van der Waals surface area contributed by atoms with Gasteiger partial charge in [0.1, 0.15) is 23.3 Å². The Labute approximate surface area is 225 Å². The third-order valence-electron chi connectivity index (χ3n) is 5.77. The van der Waals surface area contributed by atoms with Gasteiger partial charge >= 0.3 is 6.09 Å². The standard InChI is InChI=1S/C26H29Cl2FN4O4/c1-14-30-19-13-20(35-5)21(36-15-8-10-33(11-9-15)25(34)37-26(2,3)4)12-16(19)24(31-14)32-18-7-6-17(27)22(28)23(18)29/h6-7,12-13,15H,8-11H2,1-5H3,(H,30,31,32). The molecule has 0 atom stereocenters. The summed E-state index contributed by atoms with van der Waals surface area (Å²) in [5, 5.41) is 3.56. The second kappa shape index (κ2) is 10.8. The molecule has 1 saturated heterocycles. The summed E-state index contributed by atoms with van der Waals surface area (Å²) in [6.45, 7) is 8.30. The maximum Gasteiger partial charge on any atom is 0.410 e. The highest BCUT2D eigenvalue weighted by Gasteiger charge is 2.28. The molecule has 1 aliphatic rings. The third kappa shape index (κ3) is 6.27. The molecular formula is C26H29Cl2FN4O4. The summed E-state index contributed by atoms with van der Waals surface area (Å²) in [5.41, 5.74) is 0.177. The van der Waals surface area contributed by atoms with Gasteiger partial charge in [0.05, 0.1) is 28.4 Å². The van der Waals surface area contributed by atoms with E-state index in [-0.39, 0.29) is 27.9 Å². The minimum atomic E-state index is -0.680. The highest BCUT2D eigenvalue weighted by Crippen LogP contribution is 2.38. The highest BCUT2D eigenvalue weighted by atomic mass is 35.5. The van der Waals surface area contributed by atoms with Gasteiger partial charge in [-0.05, 0) is 45.9 Å². The van der Waals surface area contributed by atoms with Crippen LogP contribution in [-0.4, -0.2) is 52.9 Å². The maximum atomic E-state index is 14.7. The van der Waals surface area contributed by atoms with Gasteiger partial charge < -0.3 is 24.4 Å². The van der Waals surface area contributed by atoms with Crippen molar-refractivity contribution in [3.63, 3.8) is 0 Å². The fraction of sp³-hybridized carbons (Fsp3) is 0.423. The number of hydrogen-bond donors (Lipinski definition) is 1. The van der Waals surface area contributed by atoms with Gasteiger partial charge in [0.2, 0.25) is 0 Å². The van der Waals surface area contributed by atoms with Gasteiger partial charge in [-0.25, -0.2) is 19.2 Å². The number of anilines is 2. The number of piperidine rings is 1. The molecule has 37 heavy (non-hydrogen) atoms. The van der Waals surface area contributed by atoms with Gasteiger partial charge in [-0.1, -0.05) is 23.2 Å². The first-order chi connectivity index (χ1) is 17.4. The van der Waals surface area contributed by atoms with Crippen LogP contribution in [0.5, 0.6) is 11.5 Å². The Morgan fingerprint density at radius 2 is 1.84 bits per heavy atom. The van der Waals surface area contributed by atoms with Crippen molar-refractivity contribution in [2.75, 3.05) is 25.5 Å². The number of fused-ring (bicyclic) bond motifs is 1. The zero-order chi connectivity index (χ0) is 26.9. The number of nitrogens with one attached hydrogen (secondary N) is 1. The van der Waals surface area contributed by atoms with Crippen LogP contribution in [0, 0.1) is 12.7 Å². The monoisotopic (exact) mass is 550 g/mol. The molecule has 3 aromatic rings. The quantitative estimate of drug-likeness (QED) is 0.345. The Morgan fingerprint density at radius 3 is 2.49 bits per heavy atom. The lowest BCUT2D eigenvalue weighted by Gasteiger charge is -2.33. The lowest BCUT2D eigenvalue weighted by Crippen LogP contribution is -2.44. The van der Waals surface area contributed by atoms with E-state index in [9.17, 15) is 9.18 Å². The summed E-state index contributed by atoms with van der Waals surface area (Å²) in [6, 6.07) is 6.52. The van der Waals surface area contributed by atoms with Crippen molar-refractivity contribution in [2.45, 2.75) is 52.2 Å². The topological polar surface area (TPSA) is 85.8 Å². The zero-order valence-electron chi connectivity index (χ0n) is 21.3. The number of halogens is 3. The van der Waals surface area contributed by atoms with Crippen LogP contribution in [0.2, 0.25) is 10.0 Å². The van der Waals surface area contributed by atoms with Gasteiger partial charge in [0.25, 0.3) is 0 Å².